The van der Waals surface area contributed by atoms with E-state index in [-0.39, 0.29) is 12.0 Å². The number of carboxylic acid groups (broad SMARTS) is 1. The monoisotopic (exact) mass is 248 g/mol. The number of halogens is 2. The van der Waals surface area contributed by atoms with E-state index in [1.165, 1.54) is 30.3 Å². The topological polar surface area (TPSA) is 37.3 Å². The second-order valence-corrected chi connectivity index (χ2v) is 3.89. The van der Waals surface area contributed by atoms with Gasteiger partial charge in [-0.15, -0.1) is 0 Å². The second kappa shape index (κ2) is 4.96. The highest BCUT2D eigenvalue weighted by Crippen LogP contribution is 2.22. The molecule has 0 amide bonds. The molecule has 0 atom stereocenters. The minimum absolute atomic E-state index is 0.114. The Morgan fingerprint density at radius 1 is 1.06 bits per heavy atom. The Morgan fingerprint density at radius 2 is 1.78 bits per heavy atom. The van der Waals surface area contributed by atoms with Crippen LogP contribution in [0.15, 0.2) is 42.5 Å². The second-order valence-electron chi connectivity index (χ2n) is 3.89. The van der Waals surface area contributed by atoms with E-state index in [1.807, 2.05) is 0 Å². The number of carboxylic acids is 1. The molecule has 0 bridgehead atoms. The molecular formula is C14H10F2O2. The number of benzene rings is 2. The lowest BCUT2D eigenvalue weighted by Gasteiger charge is -2.05. The summed E-state index contributed by atoms with van der Waals surface area (Å²) in [5, 5.41) is 8.60. The average Bonchev–Trinajstić information content (AvgIpc) is 2.31. The molecule has 2 rings (SSSR count). The van der Waals surface area contributed by atoms with Crippen molar-refractivity contribution in [2.24, 2.45) is 0 Å². The predicted molar refractivity (Wildman–Crippen MR) is 63.1 cm³/mol. The quantitative estimate of drug-likeness (QED) is 0.905. The SMILES string of the molecule is O=C(O)Cc1ccc(-c2cccc(F)c2)cc1F. The van der Waals surface area contributed by atoms with Gasteiger partial charge in [0.1, 0.15) is 11.6 Å². The third-order valence-electron chi connectivity index (χ3n) is 2.55. The molecule has 2 aromatic rings. The lowest BCUT2D eigenvalue weighted by Crippen LogP contribution is -2.02. The predicted octanol–water partition coefficient (Wildman–Crippen LogP) is 3.26. The molecule has 0 unspecified atom stereocenters. The first kappa shape index (κ1) is 12.2. The normalized spacial score (nSPS) is 10.3. The van der Waals surface area contributed by atoms with E-state index >= 15 is 0 Å². The lowest BCUT2D eigenvalue weighted by atomic mass is 10.0. The van der Waals surface area contributed by atoms with Crippen LogP contribution in [0.2, 0.25) is 0 Å². The lowest BCUT2D eigenvalue weighted by molar-refractivity contribution is -0.136. The number of rotatable bonds is 3. The van der Waals surface area contributed by atoms with Gasteiger partial charge in [-0.25, -0.2) is 8.78 Å². The van der Waals surface area contributed by atoms with Gasteiger partial charge in [0.2, 0.25) is 0 Å². The maximum Gasteiger partial charge on any atom is 0.307 e. The number of hydrogen-bond acceptors (Lipinski definition) is 1. The van der Waals surface area contributed by atoms with Crippen molar-refractivity contribution in [3.63, 3.8) is 0 Å². The molecule has 92 valence electrons. The van der Waals surface area contributed by atoms with Gasteiger partial charge in [-0.1, -0.05) is 24.3 Å². The van der Waals surface area contributed by atoms with Gasteiger partial charge in [0.05, 0.1) is 6.42 Å². The van der Waals surface area contributed by atoms with Crippen LogP contribution in [0.25, 0.3) is 11.1 Å². The van der Waals surface area contributed by atoms with Crippen LogP contribution in [0.1, 0.15) is 5.56 Å². The number of aliphatic carboxylic acids is 1. The molecule has 2 nitrogen and oxygen atoms in total. The Bertz CT molecular complexity index is 594. The maximum absolute atomic E-state index is 13.6. The third kappa shape index (κ3) is 2.71. The Kier molecular flexibility index (Phi) is 3.37. The molecule has 18 heavy (non-hydrogen) atoms. The van der Waals surface area contributed by atoms with Gasteiger partial charge in [-0.2, -0.15) is 0 Å². The fraction of sp³-hybridized carbons (Fsp3) is 0.0714. The first-order chi connectivity index (χ1) is 8.56. The van der Waals surface area contributed by atoms with Crippen molar-refractivity contribution < 1.29 is 18.7 Å². The maximum atomic E-state index is 13.6. The summed E-state index contributed by atoms with van der Waals surface area (Å²) < 4.78 is 26.7. The van der Waals surface area contributed by atoms with E-state index in [1.54, 1.807) is 12.1 Å². The Balaban J connectivity index is 2.37. The van der Waals surface area contributed by atoms with Gasteiger partial charge in [0, 0.05) is 0 Å². The van der Waals surface area contributed by atoms with Crippen LogP contribution in [-0.4, -0.2) is 11.1 Å². The summed E-state index contributed by atoms with van der Waals surface area (Å²) in [6, 6.07) is 10.00. The molecule has 0 spiro atoms. The largest absolute Gasteiger partial charge is 0.481 e. The van der Waals surface area contributed by atoms with Gasteiger partial charge in [-0.3, -0.25) is 4.79 Å². The van der Waals surface area contributed by atoms with Crippen molar-refractivity contribution in [2.45, 2.75) is 6.42 Å². The highest BCUT2D eigenvalue weighted by atomic mass is 19.1. The molecule has 0 radical (unpaired) electrons. The van der Waals surface area contributed by atoms with E-state index in [9.17, 15) is 13.6 Å². The molecule has 0 saturated heterocycles. The van der Waals surface area contributed by atoms with Crippen molar-refractivity contribution in [3.8, 4) is 11.1 Å². The Labute approximate surface area is 103 Å². The summed E-state index contributed by atoms with van der Waals surface area (Å²) >= 11 is 0. The summed E-state index contributed by atoms with van der Waals surface area (Å²) in [5.41, 5.74) is 1.18. The molecule has 0 aliphatic carbocycles. The van der Waals surface area contributed by atoms with E-state index in [0.717, 1.165) is 0 Å². The highest BCUT2D eigenvalue weighted by Gasteiger charge is 2.08. The van der Waals surface area contributed by atoms with Crippen LogP contribution in [-0.2, 0) is 11.2 Å². The minimum atomic E-state index is -1.09. The molecule has 0 saturated carbocycles. The van der Waals surface area contributed by atoms with Crippen molar-refractivity contribution in [1.29, 1.82) is 0 Å². The van der Waals surface area contributed by atoms with Crippen molar-refractivity contribution >= 4 is 5.97 Å². The standard InChI is InChI=1S/C14H10F2O2/c15-12-3-1-2-9(6-12)10-4-5-11(8-14(17)18)13(16)7-10/h1-7H,8H2,(H,17,18). The summed E-state index contributed by atoms with van der Waals surface area (Å²) in [4.78, 5) is 10.5. The molecular weight excluding hydrogens is 238 g/mol. The number of hydrogen-bond donors (Lipinski definition) is 1. The molecule has 0 heterocycles. The highest BCUT2D eigenvalue weighted by molar-refractivity contribution is 5.71. The molecule has 1 N–H and O–H groups in total. The Hall–Kier alpha value is -2.23. The van der Waals surface area contributed by atoms with Crippen molar-refractivity contribution in [3.05, 3.63) is 59.7 Å². The fourth-order valence-corrected chi connectivity index (χ4v) is 1.70. The van der Waals surface area contributed by atoms with Gasteiger partial charge < -0.3 is 5.11 Å². The smallest absolute Gasteiger partial charge is 0.307 e. The zero-order chi connectivity index (χ0) is 13.1. The van der Waals surface area contributed by atoms with Crippen molar-refractivity contribution in [2.75, 3.05) is 0 Å². The van der Waals surface area contributed by atoms with Crippen LogP contribution in [0.3, 0.4) is 0 Å². The van der Waals surface area contributed by atoms with Crippen LogP contribution in [0.5, 0.6) is 0 Å². The molecule has 0 aromatic heterocycles. The van der Waals surface area contributed by atoms with E-state index in [0.29, 0.717) is 11.1 Å². The third-order valence-corrected chi connectivity index (χ3v) is 2.55. The zero-order valence-corrected chi connectivity index (χ0v) is 9.36. The summed E-state index contributed by atoms with van der Waals surface area (Å²) in [6.07, 6.45) is -0.366. The van der Waals surface area contributed by atoms with Gasteiger partial charge in [0.15, 0.2) is 0 Å². The van der Waals surface area contributed by atoms with E-state index in [2.05, 4.69) is 0 Å². The molecule has 2 aromatic carbocycles. The molecule has 0 aliphatic rings. The molecule has 0 aliphatic heterocycles. The van der Waals surface area contributed by atoms with Crippen LogP contribution >= 0.6 is 0 Å². The van der Waals surface area contributed by atoms with E-state index in [4.69, 9.17) is 5.11 Å². The summed E-state index contributed by atoms with van der Waals surface area (Å²) in [6.45, 7) is 0. The van der Waals surface area contributed by atoms with Gasteiger partial charge in [0.25, 0.3) is 0 Å². The summed E-state index contributed by atoms with van der Waals surface area (Å²) in [7, 11) is 0. The summed E-state index contributed by atoms with van der Waals surface area (Å²) in [5.74, 6) is -2.09. The van der Waals surface area contributed by atoms with Crippen LogP contribution < -0.4 is 0 Å². The zero-order valence-electron chi connectivity index (χ0n) is 9.36. The first-order valence-electron chi connectivity index (χ1n) is 5.32. The fourth-order valence-electron chi connectivity index (χ4n) is 1.70. The van der Waals surface area contributed by atoms with E-state index < -0.39 is 17.6 Å². The van der Waals surface area contributed by atoms with Gasteiger partial charge in [-0.05, 0) is 34.9 Å². The first-order valence-corrected chi connectivity index (χ1v) is 5.32. The van der Waals surface area contributed by atoms with Crippen LogP contribution in [0.4, 0.5) is 8.78 Å². The average molecular weight is 248 g/mol. The Morgan fingerprint density at radius 3 is 2.39 bits per heavy atom. The molecule has 0 fully saturated rings. The number of carbonyl (C=O) groups is 1. The van der Waals surface area contributed by atoms with Crippen LogP contribution in [0, 0.1) is 11.6 Å². The van der Waals surface area contributed by atoms with Gasteiger partial charge >= 0.3 is 5.97 Å². The van der Waals surface area contributed by atoms with Crippen molar-refractivity contribution in [1.82, 2.24) is 0 Å². The molecule has 4 heteroatoms. The minimum Gasteiger partial charge on any atom is -0.481 e.